The molecule has 1 aromatic carbocycles. The van der Waals surface area contributed by atoms with Gasteiger partial charge in [0.2, 0.25) is 0 Å². The fourth-order valence-electron chi connectivity index (χ4n) is 3.04. The number of rotatable bonds is 10. The lowest BCUT2D eigenvalue weighted by atomic mass is 9.89. The number of carbonyl (C=O) groups is 1. The Kier molecular flexibility index (Phi) is 7.18. The van der Waals surface area contributed by atoms with Crippen LogP contribution in [0, 0.1) is 0 Å². The summed E-state index contributed by atoms with van der Waals surface area (Å²) >= 11 is 0. The van der Waals surface area contributed by atoms with E-state index in [1.807, 2.05) is 42.5 Å². The van der Waals surface area contributed by atoms with Gasteiger partial charge in [-0.3, -0.25) is 9.36 Å². The molecule has 1 N–H and O–H groups in total. The number of benzene rings is 1. The van der Waals surface area contributed by atoms with E-state index in [0.29, 0.717) is 0 Å². The van der Waals surface area contributed by atoms with Gasteiger partial charge in [-0.15, -0.1) is 0 Å². The van der Waals surface area contributed by atoms with Gasteiger partial charge in [0.25, 0.3) is 0 Å². The molecule has 6 heteroatoms. The van der Waals surface area contributed by atoms with Crippen molar-refractivity contribution in [1.29, 1.82) is 0 Å². The van der Waals surface area contributed by atoms with Crippen LogP contribution in [-0.4, -0.2) is 29.6 Å². The summed E-state index contributed by atoms with van der Waals surface area (Å²) < 4.78 is 24.7. The van der Waals surface area contributed by atoms with Crippen molar-refractivity contribution in [3.8, 4) is 0 Å². The summed E-state index contributed by atoms with van der Waals surface area (Å²) in [6.45, 7) is 5.72. The smallest absolute Gasteiger partial charge is 0.342 e. The van der Waals surface area contributed by atoms with Crippen LogP contribution in [0.2, 0.25) is 0 Å². The molecule has 1 aromatic heterocycles. The topological polar surface area (TPSA) is 68.4 Å². The van der Waals surface area contributed by atoms with Gasteiger partial charge in [0.15, 0.2) is 0 Å². The first-order chi connectivity index (χ1) is 12.1. The summed E-state index contributed by atoms with van der Waals surface area (Å²) in [5.74, 6) is -0.554. The molecule has 2 unspecified atom stereocenters. The second kappa shape index (κ2) is 9.14. The third-order valence-corrected chi connectivity index (χ3v) is 6.57. The average molecular weight is 363 g/mol. The summed E-state index contributed by atoms with van der Waals surface area (Å²) in [5.41, 5.74) is 0.826. The number of carbonyl (C=O) groups excluding carboxylic acids is 1. The molecule has 0 bridgehead atoms. The predicted molar refractivity (Wildman–Crippen MR) is 99.0 cm³/mol. The van der Waals surface area contributed by atoms with Gasteiger partial charge < -0.3 is 14.0 Å². The van der Waals surface area contributed by atoms with E-state index in [-0.39, 0.29) is 25.4 Å². The Labute approximate surface area is 149 Å². The molecule has 0 aliphatic rings. The van der Waals surface area contributed by atoms with E-state index in [0.717, 1.165) is 11.3 Å². The number of ketones is 1. The highest BCUT2D eigenvalue weighted by Crippen LogP contribution is 2.59. The zero-order chi connectivity index (χ0) is 18.3. The second-order valence-electron chi connectivity index (χ2n) is 5.65. The summed E-state index contributed by atoms with van der Waals surface area (Å²) in [6, 6.07) is 13.4. The Morgan fingerprint density at radius 1 is 1.04 bits per heavy atom. The van der Waals surface area contributed by atoms with Crippen molar-refractivity contribution in [3.63, 3.8) is 0 Å². The summed E-state index contributed by atoms with van der Waals surface area (Å²) in [7, 11) is -3.63. The first-order valence-electron chi connectivity index (χ1n) is 8.67. The SMILES string of the molecule is CCOP(=O)(OCC)C(C(=O)CC)C(c1ccccc1)c1ccc[nH]1. The Morgan fingerprint density at radius 2 is 1.68 bits per heavy atom. The van der Waals surface area contributed by atoms with E-state index in [2.05, 4.69) is 4.98 Å². The fourth-order valence-corrected chi connectivity index (χ4v) is 5.39. The van der Waals surface area contributed by atoms with Crippen molar-refractivity contribution in [2.45, 2.75) is 38.8 Å². The molecule has 0 amide bonds. The van der Waals surface area contributed by atoms with E-state index < -0.39 is 19.2 Å². The molecule has 0 spiro atoms. The van der Waals surface area contributed by atoms with Crippen LogP contribution in [-0.2, 0) is 18.4 Å². The summed E-state index contributed by atoms with van der Waals surface area (Å²) in [6.07, 6.45) is 2.06. The van der Waals surface area contributed by atoms with Crippen LogP contribution in [0.4, 0.5) is 0 Å². The molecular weight excluding hydrogens is 337 g/mol. The Hall–Kier alpha value is -1.68. The molecule has 2 atom stereocenters. The number of aromatic amines is 1. The van der Waals surface area contributed by atoms with Gasteiger partial charge in [-0.1, -0.05) is 37.3 Å². The maximum Gasteiger partial charge on any atom is 0.342 e. The lowest BCUT2D eigenvalue weighted by molar-refractivity contribution is -0.119. The monoisotopic (exact) mass is 363 g/mol. The third-order valence-electron chi connectivity index (χ3n) is 4.07. The van der Waals surface area contributed by atoms with Gasteiger partial charge in [0.05, 0.1) is 13.2 Å². The molecule has 0 fully saturated rings. The minimum absolute atomic E-state index is 0.131. The molecule has 0 saturated carbocycles. The highest BCUT2D eigenvalue weighted by molar-refractivity contribution is 7.55. The predicted octanol–water partition coefficient (Wildman–Crippen LogP) is 4.76. The Morgan fingerprint density at radius 3 is 2.16 bits per heavy atom. The summed E-state index contributed by atoms with van der Waals surface area (Å²) in [5, 5.41) is 0. The molecule has 5 nitrogen and oxygen atoms in total. The van der Waals surface area contributed by atoms with Crippen molar-refractivity contribution in [2.24, 2.45) is 0 Å². The van der Waals surface area contributed by atoms with Gasteiger partial charge in [-0.2, -0.15) is 0 Å². The fraction of sp³-hybridized carbons (Fsp3) is 0.421. The molecule has 25 heavy (non-hydrogen) atoms. The molecular formula is C19H26NO4P. The Balaban J connectivity index is 2.62. The quantitative estimate of drug-likeness (QED) is 0.618. The molecule has 136 valence electrons. The zero-order valence-corrected chi connectivity index (χ0v) is 15.9. The van der Waals surface area contributed by atoms with E-state index in [4.69, 9.17) is 9.05 Å². The van der Waals surface area contributed by atoms with Crippen molar-refractivity contribution >= 4 is 13.4 Å². The zero-order valence-electron chi connectivity index (χ0n) is 15.0. The molecule has 0 aliphatic carbocycles. The maximum atomic E-state index is 13.5. The van der Waals surface area contributed by atoms with Crippen LogP contribution in [0.1, 0.15) is 44.4 Å². The largest absolute Gasteiger partial charge is 0.364 e. The van der Waals surface area contributed by atoms with E-state index in [9.17, 15) is 9.36 Å². The number of H-pyrrole nitrogens is 1. The van der Waals surface area contributed by atoms with Crippen molar-refractivity contribution in [1.82, 2.24) is 4.98 Å². The molecule has 2 rings (SSSR count). The van der Waals surface area contributed by atoms with E-state index in [1.165, 1.54) is 0 Å². The highest BCUT2D eigenvalue weighted by Gasteiger charge is 2.46. The normalized spacial score (nSPS) is 14.2. The van der Waals surface area contributed by atoms with Crippen molar-refractivity contribution in [3.05, 3.63) is 59.9 Å². The lowest BCUT2D eigenvalue weighted by Gasteiger charge is -2.31. The first-order valence-corrected chi connectivity index (χ1v) is 10.3. The third kappa shape index (κ3) is 4.49. The Bertz CT molecular complexity index is 689. The standard InChI is InChI=1S/C19H26NO4P/c1-4-17(21)19(25(22,23-5-2)24-6-3)18(16-13-10-14-20-16)15-11-8-7-9-12-15/h7-14,18-20H,4-6H2,1-3H3. The molecule has 0 saturated heterocycles. The van der Waals surface area contributed by atoms with Gasteiger partial charge in [0.1, 0.15) is 11.4 Å². The van der Waals surface area contributed by atoms with Gasteiger partial charge >= 0.3 is 7.60 Å². The number of aromatic nitrogens is 1. The van der Waals surface area contributed by atoms with E-state index >= 15 is 0 Å². The van der Waals surface area contributed by atoms with Crippen LogP contribution < -0.4 is 0 Å². The van der Waals surface area contributed by atoms with Crippen LogP contribution in [0.15, 0.2) is 48.7 Å². The number of hydrogen-bond donors (Lipinski definition) is 1. The minimum Gasteiger partial charge on any atom is -0.364 e. The van der Waals surface area contributed by atoms with E-state index in [1.54, 1.807) is 27.0 Å². The van der Waals surface area contributed by atoms with Crippen molar-refractivity contribution < 1.29 is 18.4 Å². The minimum atomic E-state index is -3.63. The number of nitrogens with one attached hydrogen (secondary N) is 1. The first kappa shape index (κ1) is 19.6. The molecule has 2 aromatic rings. The molecule has 0 aliphatic heterocycles. The van der Waals surface area contributed by atoms with Crippen LogP contribution in [0.5, 0.6) is 0 Å². The number of hydrogen-bond acceptors (Lipinski definition) is 4. The summed E-state index contributed by atoms with van der Waals surface area (Å²) in [4.78, 5) is 16.0. The highest BCUT2D eigenvalue weighted by atomic mass is 31.2. The van der Waals surface area contributed by atoms with Gasteiger partial charge in [-0.25, -0.2) is 0 Å². The van der Waals surface area contributed by atoms with Crippen LogP contribution >= 0.6 is 7.60 Å². The van der Waals surface area contributed by atoms with Crippen LogP contribution in [0.3, 0.4) is 0 Å². The maximum absolute atomic E-state index is 13.5. The molecule has 1 heterocycles. The van der Waals surface area contributed by atoms with Gasteiger partial charge in [0, 0.05) is 24.2 Å². The lowest BCUT2D eigenvalue weighted by Crippen LogP contribution is -2.31. The molecule has 0 radical (unpaired) electrons. The number of Topliss-reactive ketones (excluding diaryl/α,β-unsaturated/α-hetero) is 1. The van der Waals surface area contributed by atoms with Crippen LogP contribution in [0.25, 0.3) is 0 Å². The second-order valence-corrected chi connectivity index (χ2v) is 7.81. The average Bonchev–Trinajstić information content (AvgIpc) is 3.14. The van der Waals surface area contributed by atoms with Gasteiger partial charge in [-0.05, 0) is 31.5 Å². The van der Waals surface area contributed by atoms with Crippen molar-refractivity contribution in [2.75, 3.05) is 13.2 Å².